The highest BCUT2D eigenvalue weighted by atomic mass is 16.7. The first-order chi connectivity index (χ1) is 8.97. The average Bonchev–Trinajstić information content (AvgIpc) is 2.74. The monoisotopic (exact) mass is 266 g/mol. The zero-order valence-corrected chi connectivity index (χ0v) is 11.0. The molecule has 0 aromatic heterocycles. The fourth-order valence-corrected chi connectivity index (χ4v) is 1.94. The largest absolute Gasteiger partial charge is 0.507 e. The summed E-state index contributed by atoms with van der Waals surface area (Å²) in [5.41, 5.74) is 5.91. The van der Waals surface area contributed by atoms with E-state index < -0.39 is 5.91 Å². The van der Waals surface area contributed by atoms with Crippen LogP contribution in [0.2, 0.25) is 0 Å². The maximum atomic E-state index is 11.0. The molecular formula is C13H18N2O4. The maximum Gasteiger partial charge on any atom is 0.231 e. The van der Waals surface area contributed by atoms with E-state index in [0.29, 0.717) is 23.6 Å². The summed E-state index contributed by atoms with van der Waals surface area (Å²) in [5.74, 6) is 0.871. The van der Waals surface area contributed by atoms with E-state index >= 15 is 0 Å². The molecule has 6 nitrogen and oxygen atoms in total. The molecule has 19 heavy (non-hydrogen) atoms. The predicted molar refractivity (Wildman–Crippen MR) is 69.0 cm³/mol. The van der Waals surface area contributed by atoms with Crippen LogP contribution in [0.15, 0.2) is 12.1 Å². The van der Waals surface area contributed by atoms with E-state index in [1.807, 2.05) is 18.7 Å². The van der Waals surface area contributed by atoms with Crippen LogP contribution in [0, 0.1) is 0 Å². The molecule has 2 rings (SSSR count). The van der Waals surface area contributed by atoms with E-state index in [1.54, 1.807) is 6.07 Å². The molecule has 1 aliphatic heterocycles. The number of primary amides is 1. The van der Waals surface area contributed by atoms with Crippen molar-refractivity contribution >= 4 is 5.91 Å². The summed E-state index contributed by atoms with van der Waals surface area (Å²) < 4.78 is 10.5. The minimum Gasteiger partial charge on any atom is -0.507 e. The van der Waals surface area contributed by atoms with Gasteiger partial charge >= 0.3 is 0 Å². The van der Waals surface area contributed by atoms with Crippen molar-refractivity contribution in [2.75, 3.05) is 13.3 Å². The Labute approximate surface area is 111 Å². The Bertz CT molecular complexity index is 488. The lowest BCUT2D eigenvalue weighted by Crippen LogP contribution is -2.37. The second-order valence-corrected chi connectivity index (χ2v) is 4.80. The van der Waals surface area contributed by atoms with Gasteiger partial charge in [-0.25, -0.2) is 0 Å². The van der Waals surface area contributed by atoms with Gasteiger partial charge in [0.2, 0.25) is 12.7 Å². The summed E-state index contributed by atoms with van der Waals surface area (Å²) in [5, 5.41) is 9.96. The molecule has 3 N–H and O–H groups in total. The molecule has 0 atom stereocenters. The van der Waals surface area contributed by atoms with Crippen molar-refractivity contribution in [2.45, 2.75) is 26.4 Å². The molecule has 0 saturated carbocycles. The molecule has 0 spiro atoms. The zero-order valence-electron chi connectivity index (χ0n) is 11.0. The number of aromatic hydroxyl groups is 1. The predicted octanol–water partition coefficient (Wildman–Crippen LogP) is 0.817. The van der Waals surface area contributed by atoms with Gasteiger partial charge in [-0.05, 0) is 19.9 Å². The van der Waals surface area contributed by atoms with Crippen molar-refractivity contribution in [3.63, 3.8) is 0 Å². The Hall–Kier alpha value is -1.95. The number of hydrogen-bond donors (Lipinski definition) is 2. The topological polar surface area (TPSA) is 85.0 Å². The molecule has 1 amide bonds. The van der Waals surface area contributed by atoms with Gasteiger partial charge in [0, 0.05) is 24.2 Å². The molecule has 1 aromatic carbocycles. The van der Waals surface area contributed by atoms with Gasteiger partial charge < -0.3 is 20.3 Å². The van der Waals surface area contributed by atoms with Crippen LogP contribution in [0.5, 0.6) is 17.2 Å². The fraction of sp³-hybridized carbons (Fsp3) is 0.462. The van der Waals surface area contributed by atoms with Crippen molar-refractivity contribution in [2.24, 2.45) is 5.73 Å². The van der Waals surface area contributed by atoms with Gasteiger partial charge in [-0.2, -0.15) is 0 Å². The number of amides is 1. The standard InChI is InChI=1S/C13H18N2O4/c1-8(2)15(6-13(14)17)5-9-3-11-12(4-10(9)16)19-7-18-11/h3-4,8,16H,5-7H2,1-2H3,(H2,14,17). The quantitative estimate of drug-likeness (QED) is 0.824. The van der Waals surface area contributed by atoms with Gasteiger partial charge in [-0.1, -0.05) is 0 Å². The lowest BCUT2D eigenvalue weighted by molar-refractivity contribution is -0.119. The second-order valence-electron chi connectivity index (χ2n) is 4.80. The van der Waals surface area contributed by atoms with Crippen LogP contribution in [0.1, 0.15) is 19.4 Å². The van der Waals surface area contributed by atoms with Gasteiger partial charge in [-0.15, -0.1) is 0 Å². The molecule has 0 bridgehead atoms. The third-order valence-corrected chi connectivity index (χ3v) is 3.04. The SMILES string of the molecule is CC(C)N(CC(N)=O)Cc1cc2c(cc1O)OCO2. The first-order valence-corrected chi connectivity index (χ1v) is 6.11. The molecule has 0 aliphatic carbocycles. The number of phenolic OH excluding ortho intramolecular Hbond substituents is 1. The Morgan fingerprint density at radius 1 is 1.42 bits per heavy atom. The van der Waals surface area contributed by atoms with Crippen LogP contribution >= 0.6 is 0 Å². The van der Waals surface area contributed by atoms with Crippen LogP contribution < -0.4 is 15.2 Å². The highest BCUT2D eigenvalue weighted by Gasteiger charge is 2.20. The van der Waals surface area contributed by atoms with E-state index in [4.69, 9.17) is 15.2 Å². The average molecular weight is 266 g/mol. The van der Waals surface area contributed by atoms with Crippen molar-refractivity contribution < 1.29 is 19.4 Å². The minimum atomic E-state index is -0.395. The van der Waals surface area contributed by atoms with Crippen molar-refractivity contribution in [1.29, 1.82) is 0 Å². The van der Waals surface area contributed by atoms with E-state index in [1.165, 1.54) is 6.07 Å². The van der Waals surface area contributed by atoms with Gasteiger partial charge in [-0.3, -0.25) is 9.69 Å². The number of fused-ring (bicyclic) bond motifs is 1. The normalized spacial score (nSPS) is 13.3. The fourth-order valence-electron chi connectivity index (χ4n) is 1.94. The van der Waals surface area contributed by atoms with Gasteiger partial charge in [0.05, 0.1) is 6.54 Å². The zero-order chi connectivity index (χ0) is 14.0. The molecule has 1 heterocycles. The Morgan fingerprint density at radius 3 is 2.63 bits per heavy atom. The van der Waals surface area contributed by atoms with Crippen LogP contribution in [0.4, 0.5) is 0 Å². The van der Waals surface area contributed by atoms with Crippen LogP contribution in [0.3, 0.4) is 0 Å². The van der Waals surface area contributed by atoms with Gasteiger partial charge in [0.15, 0.2) is 11.5 Å². The highest BCUT2D eigenvalue weighted by molar-refractivity contribution is 5.76. The molecule has 0 fully saturated rings. The third kappa shape index (κ3) is 3.08. The lowest BCUT2D eigenvalue weighted by atomic mass is 10.1. The molecule has 0 saturated heterocycles. The molecule has 1 aromatic rings. The van der Waals surface area contributed by atoms with Gasteiger partial charge in [0.1, 0.15) is 5.75 Å². The van der Waals surface area contributed by atoms with E-state index in [2.05, 4.69) is 0 Å². The van der Waals surface area contributed by atoms with Crippen molar-refractivity contribution in [3.8, 4) is 17.2 Å². The molecule has 1 aliphatic rings. The van der Waals surface area contributed by atoms with E-state index in [9.17, 15) is 9.90 Å². The Balaban J connectivity index is 2.19. The van der Waals surface area contributed by atoms with Crippen LogP contribution in [-0.4, -0.2) is 35.3 Å². The smallest absolute Gasteiger partial charge is 0.231 e. The Kier molecular flexibility index (Phi) is 3.80. The van der Waals surface area contributed by atoms with Gasteiger partial charge in [0.25, 0.3) is 0 Å². The lowest BCUT2D eigenvalue weighted by Gasteiger charge is -2.25. The summed E-state index contributed by atoms with van der Waals surface area (Å²) in [6.45, 7) is 4.65. The summed E-state index contributed by atoms with van der Waals surface area (Å²) >= 11 is 0. The molecular weight excluding hydrogens is 248 g/mol. The molecule has 0 unspecified atom stereocenters. The highest BCUT2D eigenvalue weighted by Crippen LogP contribution is 2.38. The minimum absolute atomic E-state index is 0.124. The van der Waals surface area contributed by atoms with Crippen LogP contribution in [-0.2, 0) is 11.3 Å². The summed E-state index contributed by atoms with van der Waals surface area (Å²) in [6.07, 6.45) is 0. The number of ether oxygens (including phenoxy) is 2. The molecule has 0 radical (unpaired) electrons. The third-order valence-electron chi connectivity index (χ3n) is 3.04. The first kappa shape index (κ1) is 13.5. The number of nitrogens with two attached hydrogens (primary N) is 1. The van der Waals surface area contributed by atoms with E-state index in [0.717, 1.165) is 0 Å². The Morgan fingerprint density at radius 2 is 2.05 bits per heavy atom. The number of hydrogen-bond acceptors (Lipinski definition) is 5. The van der Waals surface area contributed by atoms with Crippen molar-refractivity contribution in [3.05, 3.63) is 17.7 Å². The second kappa shape index (κ2) is 5.36. The maximum absolute atomic E-state index is 11.0. The molecule has 6 heteroatoms. The summed E-state index contributed by atoms with van der Waals surface area (Å²) in [4.78, 5) is 12.9. The number of benzene rings is 1. The van der Waals surface area contributed by atoms with Crippen LogP contribution in [0.25, 0.3) is 0 Å². The number of nitrogens with zero attached hydrogens (tertiary/aromatic N) is 1. The van der Waals surface area contributed by atoms with E-state index in [-0.39, 0.29) is 25.1 Å². The van der Waals surface area contributed by atoms with Crippen molar-refractivity contribution in [1.82, 2.24) is 4.90 Å². The molecule has 104 valence electrons. The first-order valence-electron chi connectivity index (χ1n) is 6.11. The summed E-state index contributed by atoms with van der Waals surface area (Å²) in [6, 6.07) is 3.39. The number of carbonyl (C=O) groups is 1. The number of carbonyl (C=O) groups excluding carboxylic acids is 1. The summed E-state index contributed by atoms with van der Waals surface area (Å²) in [7, 11) is 0. The number of rotatable bonds is 5. The number of phenols is 1.